The van der Waals surface area contributed by atoms with E-state index in [1.807, 2.05) is 30.3 Å². The predicted molar refractivity (Wildman–Crippen MR) is 80.3 cm³/mol. The minimum Gasteiger partial charge on any atom is -0.462 e. The number of halogens is 1. The van der Waals surface area contributed by atoms with Crippen molar-refractivity contribution in [1.82, 2.24) is 0 Å². The van der Waals surface area contributed by atoms with Gasteiger partial charge in [0.15, 0.2) is 0 Å². The molecule has 19 heavy (non-hydrogen) atoms. The van der Waals surface area contributed by atoms with Gasteiger partial charge in [-0.15, -0.1) is 11.3 Å². The SMILES string of the molecule is CCOC(=O)c1sc(-c2cccc(Cl)c2)cc1NC. The van der Waals surface area contributed by atoms with E-state index in [0.717, 1.165) is 16.1 Å². The molecule has 1 heterocycles. The normalized spacial score (nSPS) is 10.3. The van der Waals surface area contributed by atoms with Crippen LogP contribution in [0.25, 0.3) is 10.4 Å². The van der Waals surface area contributed by atoms with Crippen LogP contribution in [0.15, 0.2) is 30.3 Å². The van der Waals surface area contributed by atoms with E-state index in [1.54, 1.807) is 14.0 Å². The number of hydrogen-bond acceptors (Lipinski definition) is 4. The van der Waals surface area contributed by atoms with Crippen LogP contribution in [0.2, 0.25) is 5.02 Å². The Labute approximate surface area is 121 Å². The van der Waals surface area contributed by atoms with Crippen LogP contribution in [0.4, 0.5) is 5.69 Å². The van der Waals surface area contributed by atoms with Gasteiger partial charge in [-0.25, -0.2) is 4.79 Å². The van der Waals surface area contributed by atoms with Crippen LogP contribution < -0.4 is 5.32 Å². The van der Waals surface area contributed by atoms with E-state index >= 15 is 0 Å². The number of thiophene rings is 1. The van der Waals surface area contributed by atoms with Gasteiger partial charge in [-0.1, -0.05) is 23.7 Å². The van der Waals surface area contributed by atoms with Gasteiger partial charge in [0, 0.05) is 16.9 Å². The van der Waals surface area contributed by atoms with Gasteiger partial charge in [-0.3, -0.25) is 0 Å². The maximum atomic E-state index is 11.9. The zero-order valence-electron chi connectivity index (χ0n) is 10.7. The maximum Gasteiger partial charge on any atom is 0.350 e. The van der Waals surface area contributed by atoms with Gasteiger partial charge >= 0.3 is 5.97 Å². The molecule has 2 aromatic rings. The number of esters is 1. The second-order valence-corrected chi connectivity index (χ2v) is 5.32. The Hall–Kier alpha value is -1.52. The Morgan fingerprint density at radius 3 is 2.84 bits per heavy atom. The number of ether oxygens (including phenoxy) is 1. The highest BCUT2D eigenvalue weighted by Gasteiger charge is 2.17. The third-order valence-corrected chi connectivity index (χ3v) is 3.97. The largest absolute Gasteiger partial charge is 0.462 e. The van der Waals surface area contributed by atoms with Gasteiger partial charge in [0.2, 0.25) is 0 Å². The zero-order valence-corrected chi connectivity index (χ0v) is 12.3. The summed E-state index contributed by atoms with van der Waals surface area (Å²) in [5.41, 5.74) is 1.77. The molecule has 0 amide bonds. The summed E-state index contributed by atoms with van der Waals surface area (Å²) in [4.78, 5) is 13.4. The fourth-order valence-electron chi connectivity index (χ4n) is 1.71. The first-order valence-electron chi connectivity index (χ1n) is 5.90. The maximum absolute atomic E-state index is 11.9. The van der Waals surface area contributed by atoms with Crippen molar-refractivity contribution in [3.05, 3.63) is 40.2 Å². The van der Waals surface area contributed by atoms with Crippen molar-refractivity contribution in [3.8, 4) is 10.4 Å². The summed E-state index contributed by atoms with van der Waals surface area (Å²) in [7, 11) is 1.78. The van der Waals surface area contributed by atoms with Crippen molar-refractivity contribution in [2.45, 2.75) is 6.92 Å². The number of nitrogens with one attached hydrogen (secondary N) is 1. The van der Waals surface area contributed by atoms with E-state index in [-0.39, 0.29) is 5.97 Å². The Kier molecular flexibility index (Phi) is 4.45. The van der Waals surface area contributed by atoms with E-state index in [9.17, 15) is 4.79 Å². The topological polar surface area (TPSA) is 38.3 Å². The molecular weight excluding hydrogens is 282 g/mol. The second-order valence-electron chi connectivity index (χ2n) is 3.83. The van der Waals surface area contributed by atoms with Gasteiger partial charge < -0.3 is 10.1 Å². The number of rotatable bonds is 4. The average molecular weight is 296 g/mol. The van der Waals surface area contributed by atoms with Crippen molar-refractivity contribution in [2.24, 2.45) is 0 Å². The molecule has 0 radical (unpaired) electrons. The molecule has 0 aliphatic rings. The molecule has 1 N–H and O–H groups in total. The lowest BCUT2D eigenvalue weighted by Crippen LogP contribution is -2.04. The van der Waals surface area contributed by atoms with Gasteiger partial charge in [-0.2, -0.15) is 0 Å². The smallest absolute Gasteiger partial charge is 0.350 e. The van der Waals surface area contributed by atoms with Crippen LogP contribution in [-0.2, 0) is 4.74 Å². The van der Waals surface area contributed by atoms with E-state index < -0.39 is 0 Å². The number of carbonyl (C=O) groups is 1. The number of anilines is 1. The van der Waals surface area contributed by atoms with Crippen molar-refractivity contribution in [3.63, 3.8) is 0 Å². The highest BCUT2D eigenvalue weighted by atomic mass is 35.5. The zero-order chi connectivity index (χ0) is 13.8. The summed E-state index contributed by atoms with van der Waals surface area (Å²) in [6.45, 7) is 2.16. The third-order valence-electron chi connectivity index (χ3n) is 2.57. The highest BCUT2D eigenvalue weighted by Crippen LogP contribution is 2.35. The molecule has 1 aromatic heterocycles. The first-order chi connectivity index (χ1) is 9.15. The molecule has 0 aliphatic carbocycles. The van der Waals surface area contributed by atoms with Crippen LogP contribution in [-0.4, -0.2) is 19.6 Å². The van der Waals surface area contributed by atoms with Crippen molar-refractivity contribution >= 4 is 34.6 Å². The molecule has 0 fully saturated rings. The fraction of sp³-hybridized carbons (Fsp3) is 0.214. The minimum absolute atomic E-state index is 0.301. The minimum atomic E-state index is -0.301. The number of carbonyl (C=O) groups excluding carboxylic acids is 1. The lowest BCUT2D eigenvalue weighted by atomic mass is 10.2. The third kappa shape index (κ3) is 3.08. The van der Waals surface area contributed by atoms with Crippen molar-refractivity contribution < 1.29 is 9.53 Å². The summed E-state index contributed by atoms with van der Waals surface area (Å²) < 4.78 is 5.05. The van der Waals surface area contributed by atoms with Crippen LogP contribution in [0.5, 0.6) is 0 Å². The van der Waals surface area contributed by atoms with E-state index in [4.69, 9.17) is 16.3 Å². The highest BCUT2D eigenvalue weighted by molar-refractivity contribution is 7.18. The van der Waals surface area contributed by atoms with E-state index in [2.05, 4.69) is 5.32 Å². The molecule has 5 heteroatoms. The summed E-state index contributed by atoms with van der Waals surface area (Å²) in [5.74, 6) is -0.301. The van der Waals surface area contributed by atoms with E-state index in [1.165, 1.54) is 11.3 Å². The van der Waals surface area contributed by atoms with Crippen LogP contribution in [0.1, 0.15) is 16.6 Å². The van der Waals surface area contributed by atoms with Crippen molar-refractivity contribution in [2.75, 3.05) is 19.0 Å². The van der Waals surface area contributed by atoms with E-state index in [0.29, 0.717) is 16.5 Å². The molecule has 0 unspecified atom stereocenters. The van der Waals surface area contributed by atoms with Gasteiger partial charge in [0.1, 0.15) is 4.88 Å². The molecule has 0 saturated heterocycles. The monoisotopic (exact) mass is 295 g/mol. The van der Waals surface area contributed by atoms with Crippen LogP contribution in [0, 0.1) is 0 Å². The Balaban J connectivity index is 2.41. The summed E-state index contributed by atoms with van der Waals surface area (Å²) >= 11 is 7.38. The van der Waals surface area contributed by atoms with Crippen LogP contribution in [0.3, 0.4) is 0 Å². The molecular formula is C14H14ClNO2S. The van der Waals surface area contributed by atoms with Crippen LogP contribution >= 0.6 is 22.9 Å². The quantitative estimate of drug-likeness (QED) is 0.855. The van der Waals surface area contributed by atoms with Gasteiger partial charge in [-0.05, 0) is 30.7 Å². The molecule has 100 valence electrons. The fourth-order valence-corrected chi connectivity index (χ4v) is 2.95. The molecule has 1 aromatic carbocycles. The molecule has 0 atom stereocenters. The first kappa shape index (κ1) is 13.9. The predicted octanol–water partition coefficient (Wildman–Crippen LogP) is 4.29. The molecule has 0 spiro atoms. The molecule has 0 saturated carbocycles. The molecule has 0 aliphatic heterocycles. The number of benzene rings is 1. The number of hydrogen-bond donors (Lipinski definition) is 1. The lowest BCUT2D eigenvalue weighted by Gasteiger charge is -2.01. The Bertz CT molecular complexity index is 595. The Morgan fingerprint density at radius 1 is 1.42 bits per heavy atom. The second kappa shape index (κ2) is 6.08. The van der Waals surface area contributed by atoms with Crippen molar-refractivity contribution in [1.29, 1.82) is 0 Å². The van der Waals surface area contributed by atoms with Gasteiger partial charge in [0.05, 0.1) is 12.3 Å². The molecule has 3 nitrogen and oxygen atoms in total. The van der Waals surface area contributed by atoms with Gasteiger partial charge in [0.25, 0.3) is 0 Å². The summed E-state index contributed by atoms with van der Waals surface area (Å²) in [6, 6.07) is 9.49. The average Bonchev–Trinajstić information content (AvgIpc) is 2.83. The lowest BCUT2D eigenvalue weighted by molar-refractivity contribution is 0.0533. The summed E-state index contributed by atoms with van der Waals surface area (Å²) in [6.07, 6.45) is 0. The first-order valence-corrected chi connectivity index (χ1v) is 7.09. The summed E-state index contributed by atoms with van der Waals surface area (Å²) in [5, 5.41) is 3.69. The Morgan fingerprint density at radius 2 is 2.21 bits per heavy atom. The molecule has 2 rings (SSSR count). The standard InChI is InChI=1S/C14H14ClNO2S/c1-3-18-14(17)13-11(16-2)8-12(19-13)9-5-4-6-10(15)7-9/h4-8,16H,3H2,1-2H3. The molecule has 0 bridgehead atoms.